The van der Waals surface area contributed by atoms with E-state index in [-0.39, 0.29) is 28.1 Å². The normalized spacial score (nSPS) is 10.2. The fraction of sp³-hybridized carbons (Fsp3) is 0.400. The Morgan fingerprint density at radius 3 is 1.68 bits per heavy atom. The monoisotopic (exact) mass is 587 g/mol. The van der Waals surface area contributed by atoms with Gasteiger partial charge in [0.1, 0.15) is 11.5 Å². The number of pyridine rings is 2. The van der Waals surface area contributed by atoms with Crippen LogP contribution < -0.4 is 15.2 Å². The summed E-state index contributed by atoms with van der Waals surface area (Å²) in [6, 6.07) is 15.6. The number of anilines is 1. The second-order valence-corrected chi connectivity index (χ2v) is 9.31. The van der Waals surface area contributed by atoms with Crippen molar-refractivity contribution in [1.29, 1.82) is 0 Å². The molecule has 0 radical (unpaired) electrons. The van der Waals surface area contributed by atoms with Crippen LogP contribution in [0.2, 0.25) is 0 Å². The van der Waals surface area contributed by atoms with Gasteiger partial charge in [0.15, 0.2) is 0 Å². The maximum atomic E-state index is 8.67. The summed E-state index contributed by atoms with van der Waals surface area (Å²) in [4.78, 5) is 8.55. The van der Waals surface area contributed by atoms with E-state index in [4.69, 9.17) is 25.4 Å². The predicted octanol–water partition coefficient (Wildman–Crippen LogP) is 7.17. The van der Waals surface area contributed by atoms with Crippen molar-refractivity contribution in [1.82, 2.24) is 9.97 Å². The molecule has 0 spiro atoms. The summed E-state index contributed by atoms with van der Waals surface area (Å²) in [5.41, 5.74) is 8.23. The Hall–Kier alpha value is -2.94. The molecule has 2 heterocycles. The van der Waals surface area contributed by atoms with E-state index in [0.29, 0.717) is 18.9 Å². The number of halogens is 1. The average molecular weight is 589 g/mol. The average Bonchev–Trinajstić information content (AvgIpc) is 2.88. The number of hydrogen-bond acceptors (Lipinski definition) is 7. The first-order valence-electron chi connectivity index (χ1n) is 12.3. The van der Waals surface area contributed by atoms with Gasteiger partial charge in [-0.05, 0) is 103 Å². The van der Waals surface area contributed by atoms with Gasteiger partial charge in [-0.25, -0.2) is 0 Å². The van der Waals surface area contributed by atoms with Crippen LogP contribution in [0, 0.1) is 0 Å². The molecule has 7 nitrogen and oxygen atoms in total. The van der Waals surface area contributed by atoms with Gasteiger partial charge < -0.3 is 25.4 Å². The molecule has 2 aromatic heterocycles. The molecule has 0 aliphatic heterocycles. The summed E-state index contributed by atoms with van der Waals surface area (Å²) >= 11 is 3.41. The van der Waals surface area contributed by atoms with Crippen LogP contribution in [-0.2, 0) is 0 Å². The number of benzene rings is 2. The summed E-state index contributed by atoms with van der Waals surface area (Å²) in [5, 5.41) is 19.4. The van der Waals surface area contributed by atoms with E-state index in [9.17, 15) is 0 Å². The molecule has 4 rings (SSSR count). The summed E-state index contributed by atoms with van der Waals surface area (Å²) in [6.07, 6.45) is 9.02. The SMILES string of the molecule is C.C.Nc1cnc2ccc(OCCCCCO)cc2c1.OCCCCCOc1ccc2ncc(Br)cc2c1. The van der Waals surface area contributed by atoms with Crippen molar-refractivity contribution >= 4 is 43.4 Å². The first kappa shape index (κ1) is 33.1. The first-order valence-corrected chi connectivity index (χ1v) is 13.1. The Morgan fingerprint density at radius 1 is 0.658 bits per heavy atom. The number of rotatable bonds is 12. The standard InChI is InChI=1S/C14H16BrNO2.C14H18N2O2.2CH4/c2*15-12-8-11-9-13(4-5-14(11)16-10-12)18-7-3-1-2-6-17;;/h4-5,8-10,17H,1-3,6-7H2;4-5,8-10,17H,1-3,6-7,15H2;2*1H4. The first-order chi connectivity index (χ1) is 17.6. The fourth-order valence-electron chi connectivity index (χ4n) is 3.55. The fourth-order valence-corrected chi connectivity index (χ4v) is 3.90. The summed E-state index contributed by atoms with van der Waals surface area (Å²) in [5.74, 6) is 1.70. The number of aromatic nitrogens is 2. The molecule has 2 aromatic carbocycles. The smallest absolute Gasteiger partial charge is 0.120 e. The van der Waals surface area contributed by atoms with Crippen molar-refractivity contribution < 1.29 is 19.7 Å². The van der Waals surface area contributed by atoms with Crippen molar-refractivity contribution in [2.45, 2.75) is 53.4 Å². The highest BCUT2D eigenvalue weighted by atomic mass is 79.9. The van der Waals surface area contributed by atoms with Gasteiger partial charge in [-0.2, -0.15) is 0 Å². The molecule has 0 saturated heterocycles. The number of hydrogen-bond donors (Lipinski definition) is 3. The van der Waals surface area contributed by atoms with E-state index in [2.05, 4.69) is 25.9 Å². The zero-order valence-electron chi connectivity index (χ0n) is 20.4. The van der Waals surface area contributed by atoms with Crippen molar-refractivity contribution in [2.75, 3.05) is 32.2 Å². The van der Waals surface area contributed by atoms with E-state index in [1.165, 1.54) is 0 Å². The molecule has 0 atom stereocenters. The lowest BCUT2D eigenvalue weighted by Gasteiger charge is -2.07. The molecule has 0 unspecified atom stereocenters. The number of aliphatic hydroxyl groups is 2. The van der Waals surface area contributed by atoms with Gasteiger partial charge in [0.25, 0.3) is 0 Å². The molecule has 0 saturated carbocycles. The Balaban J connectivity index is 0.000000361. The lowest BCUT2D eigenvalue weighted by Crippen LogP contribution is -1.98. The Labute approximate surface area is 235 Å². The minimum Gasteiger partial charge on any atom is -0.494 e. The van der Waals surface area contributed by atoms with E-state index < -0.39 is 0 Å². The van der Waals surface area contributed by atoms with Crippen LogP contribution in [0.4, 0.5) is 5.69 Å². The molecule has 0 amide bonds. The molecule has 4 N–H and O–H groups in total. The van der Waals surface area contributed by atoms with Crippen molar-refractivity contribution in [3.8, 4) is 11.5 Å². The van der Waals surface area contributed by atoms with Crippen LogP contribution in [0.25, 0.3) is 21.8 Å². The largest absolute Gasteiger partial charge is 0.494 e. The molecule has 8 heteroatoms. The highest BCUT2D eigenvalue weighted by Crippen LogP contribution is 2.23. The third kappa shape index (κ3) is 11.2. The maximum absolute atomic E-state index is 8.67. The number of ether oxygens (including phenoxy) is 2. The summed E-state index contributed by atoms with van der Waals surface area (Å²) in [7, 11) is 0. The Kier molecular flexibility index (Phi) is 16.0. The topological polar surface area (TPSA) is 111 Å². The van der Waals surface area contributed by atoms with Crippen LogP contribution in [0.1, 0.15) is 53.4 Å². The minimum atomic E-state index is 0. The number of aliphatic hydroxyl groups excluding tert-OH is 2. The molecule has 0 fully saturated rings. The van der Waals surface area contributed by atoms with E-state index >= 15 is 0 Å². The summed E-state index contributed by atoms with van der Waals surface area (Å²) < 4.78 is 12.3. The molecule has 0 aliphatic rings. The minimum absolute atomic E-state index is 0. The number of unbranched alkanes of at least 4 members (excludes halogenated alkanes) is 4. The van der Waals surface area contributed by atoms with E-state index in [0.717, 1.165) is 76.3 Å². The Bertz CT molecular complexity index is 1130. The van der Waals surface area contributed by atoms with Gasteiger partial charge in [-0.15, -0.1) is 0 Å². The van der Waals surface area contributed by atoms with E-state index in [1.807, 2.05) is 48.5 Å². The van der Waals surface area contributed by atoms with Gasteiger partial charge >= 0.3 is 0 Å². The quantitative estimate of drug-likeness (QED) is 0.151. The van der Waals surface area contributed by atoms with Crippen molar-refractivity contribution in [3.63, 3.8) is 0 Å². The number of fused-ring (bicyclic) bond motifs is 2. The van der Waals surface area contributed by atoms with Gasteiger partial charge in [-0.3, -0.25) is 9.97 Å². The van der Waals surface area contributed by atoms with Crippen LogP contribution in [-0.4, -0.2) is 46.6 Å². The third-order valence-electron chi connectivity index (χ3n) is 5.44. The second kappa shape index (κ2) is 18.3. The molecular weight excluding hydrogens is 546 g/mol. The Morgan fingerprint density at radius 2 is 1.16 bits per heavy atom. The van der Waals surface area contributed by atoms with Crippen LogP contribution in [0.15, 0.2) is 65.4 Å². The molecule has 4 aromatic rings. The predicted molar refractivity (Wildman–Crippen MR) is 162 cm³/mol. The number of nitrogens with two attached hydrogens (primary N) is 1. The van der Waals surface area contributed by atoms with Crippen LogP contribution in [0.3, 0.4) is 0 Å². The number of nitrogen functional groups attached to an aromatic ring is 1. The van der Waals surface area contributed by atoms with Gasteiger partial charge in [0, 0.05) is 34.7 Å². The zero-order chi connectivity index (χ0) is 25.6. The van der Waals surface area contributed by atoms with E-state index in [1.54, 1.807) is 12.4 Å². The van der Waals surface area contributed by atoms with Crippen molar-refractivity contribution in [2.24, 2.45) is 0 Å². The van der Waals surface area contributed by atoms with Gasteiger partial charge in [-0.1, -0.05) is 14.9 Å². The molecule has 208 valence electrons. The highest BCUT2D eigenvalue weighted by molar-refractivity contribution is 9.10. The van der Waals surface area contributed by atoms with Crippen LogP contribution in [0.5, 0.6) is 11.5 Å². The van der Waals surface area contributed by atoms with Crippen LogP contribution >= 0.6 is 15.9 Å². The zero-order valence-corrected chi connectivity index (χ0v) is 22.0. The lowest BCUT2D eigenvalue weighted by molar-refractivity contribution is 0.266. The molecule has 38 heavy (non-hydrogen) atoms. The lowest BCUT2D eigenvalue weighted by atomic mass is 10.2. The third-order valence-corrected chi connectivity index (χ3v) is 5.87. The number of nitrogens with zero attached hydrogens (tertiary/aromatic N) is 2. The van der Waals surface area contributed by atoms with Crippen molar-refractivity contribution in [3.05, 3.63) is 65.4 Å². The molecular formula is C30H42BrN3O4. The second-order valence-electron chi connectivity index (χ2n) is 8.40. The molecule has 0 aliphatic carbocycles. The maximum Gasteiger partial charge on any atom is 0.120 e. The van der Waals surface area contributed by atoms with Gasteiger partial charge in [0.2, 0.25) is 0 Å². The summed E-state index contributed by atoms with van der Waals surface area (Å²) in [6.45, 7) is 1.87. The molecule has 0 bridgehead atoms. The van der Waals surface area contributed by atoms with Gasteiger partial charge in [0.05, 0.1) is 36.1 Å². The highest BCUT2D eigenvalue weighted by Gasteiger charge is 2.01.